The van der Waals surface area contributed by atoms with E-state index in [9.17, 15) is 14.4 Å². The largest absolute Gasteiger partial charge is 0.344 e. The van der Waals surface area contributed by atoms with Crippen LogP contribution >= 0.6 is 0 Å². The summed E-state index contributed by atoms with van der Waals surface area (Å²) in [5.74, 6) is -0.595. The van der Waals surface area contributed by atoms with Crippen LogP contribution in [0.15, 0.2) is 0 Å². The second kappa shape index (κ2) is 3.40. The SMILES string of the molecule is CN1C(=O)NC(=O)C(NC=O)C1N. The van der Waals surface area contributed by atoms with Gasteiger partial charge in [-0.05, 0) is 0 Å². The third-order valence-electron chi connectivity index (χ3n) is 1.87. The van der Waals surface area contributed by atoms with Gasteiger partial charge in [-0.25, -0.2) is 4.79 Å². The molecule has 1 fully saturated rings. The van der Waals surface area contributed by atoms with E-state index in [-0.39, 0.29) is 0 Å². The first-order valence-electron chi connectivity index (χ1n) is 3.61. The van der Waals surface area contributed by atoms with Crippen LogP contribution in [0.4, 0.5) is 4.79 Å². The van der Waals surface area contributed by atoms with Crippen molar-refractivity contribution in [2.45, 2.75) is 12.2 Å². The summed E-state index contributed by atoms with van der Waals surface area (Å²) in [4.78, 5) is 33.3. The standard InChI is InChI=1S/C6H10N4O3/c1-10-4(7)3(8-2-11)5(12)9-6(10)13/h2-4H,7H2,1H3,(H,8,11)(H,9,12,13). The van der Waals surface area contributed by atoms with Crippen molar-refractivity contribution in [3.8, 4) is 0 Å². The maximum absolute atomic E-state index is 11.1. The fourth-order valence-corrected chi connectivity index (χ4v) is 1.03. The summed E-state index contributed by atoms with van der Waals surface area (Å²) in [5.41, 5.74) is 5.51. The molecule has 2 atom stereocenters. The smallest absolute Gasteiger partial charge is 0.325 e. The monoisotopic (exact) mass is 186 g/mol. The number of hydrogen-bond acceptors (Lipinski definition) is 4. The maximum Gasteiger partial charge on any atom is 0.325 e. The van der Waals surface area contributed by atoms with E-state index in [1.54, 1.807) is 0 Å². The molecule has 0 bridgehead atoms. The molecule has 4 N–H and O–H groups in total. The molecule has 7 nitrogen and oxygen atoms in total. The highest BCUT2D eigenvalue weighted by Gasteiger charge is 2.36. The molecule has 1 aliphatic rings. The minimum Gasteiger partial charge on any atom is -0.344 e. The fourth-order valence-electron chi connectivity index (χ4n) is 1.03. The lowest BCUT2D eigenvalue weighted by Gasteiger charge is -2.34. The molecule has 0 aliphatic carbocycles. The van der Waals surface area contributed by atoms with Crippen molar-refractivity contribution in [1.82, 2.24) is 15.5 Å². The molecule has 2 unspecified atom stereocenters. The van der Waals surface area contributed by atoms with Crippen LogP contribution in [0, 0.1) is 0 Å². The molecular formula is C6H10N4O3. The van der Waals surface area contributed by atoms with E-state index >= 15 is 0 Å². The van der Waals surface area contributed by atoms with E-state index < -0.39 is 24.1 Å². The Bertz CT molecular complexity index is 254. The number of imide groups is 1. The van der Waals surface area contributed by atoms with Crippen LogP contribution in [0.3, 0.4) is 0 Å². The topological polar surface area (TPSA) is 105 Å². The van der Waals surface area contributed by atoms with Crippen LogP contribution in [0.25, 0.3) is 0 Å². The van der Waals surface area contributed by atoms with Crippen LogP contribution in [0.5, 0.6) is 0 Å². The molecule has 0 aromatic rings. The molecule has 1 saturated heterocycles. The number of urea groups is 1. The molecule has 0 spiro atoms. The van der Waals surface area contributed by atoms with Gasteiger partial charge in [0.25, 0.3) is 5.91 Å². The van der Waals surface area contributed by atoms with Gasteiger partial charge in [0.1, 0.15) is 12.2 Å². The van der Waals surface area contributed by atoms with E-state index in [1.165, 1.54) is 7.05 Å². The Labute approximate surface area is 74.2 Å². The lowest BCUT2D eigenvalue weighted by Crippen LogP contribution is -2.68. The van der Waals surface area contributed by atoms with Crippen molar-refractivity contribution in [2.75, 3.05) is 7.05 Å². The van der Waals surface area contributed by atoms with Crippen molar-refractivity contribution < 1.29 is 14.4 Å². The van der Waals surface area contributed by atoms with Gasteiger partial charge in [-0.2, -0.15) is 0 Å². The highest BCUT2D eigenvalue weighted by Crippen LogP contribution is 2.03. The number of carbonyl (C=O) groups is 3. The predicted octanol–water partition coefficient (Wildman–Crippen LogP) is -2.43. The van der Waals surface area contributed by atoms with E-state index in [2.05, 4.69) is 5.32 Å². The van der Waals surface area contributed by atoms with Crippen LogP contribution in [-0.2, 0) is 9.59 Å². The van der Waals surface area contributed by atoms with Gasteiger partial charge in [-0.15, -0.1) is 0 Å². The van der Waals surface area contributed by atoms with E-state index in [0.717, 1.165) is 4.90 Å². The molecule has 7 heteroatoms. The maximum atomic E-state index is 11.1. The van der Waals surface area contributed by atoms with Crippen LogP contribution in [-0.4, -0.2) is 42.5 Å². The summed E-state index contributed by atoms with van der Waals surface area (Å²) >= 11 is 0. The predicted molar refractivity (Wildman–Crippen MR) is 42.3 cm³/mol. The molecule has 1 rings (SSSR count). The Kier molecular flexibility index (Phi) is 2.47. The Balaban J connectivity index is 2.78. The summed E-state index contributed by atoms with van der Waals surface area (Å²) in [5, 5.41) is 4.26. The van der Waals surface area contributed by atoms with Crippen LogP contribution < -0.4 is 16.4 Å². The summed E-state index contributed by atoms with van der Waals surface area (Å²) in [6.45, 7) is 0. The second-order valence-corrected chi connectivity index (χ2v) is 2.66. The zero-order valence-corrected chi connectivity index (χ0v) is 6.98. The first kappa shape index (κ1) is 9.46. The molecule has 1 heterocycles. The first-order chi connectivity index (χ1) is 6.07. The van der Waals surface area contributed by atoms with Gasteiger partial charge >= 0.3 is 6.03 Å². The molecule has 0 saturated carbocycles. The second-order valence-electron chi connectivity index (χ2n) is 2.66. The summed E-state index contributed by atoms with van der Waals surface area (Å²) in [6.07, 6.45) is -0.459. The van der Waals surface area contributed by atoms with Gasteiger partial charge in [0.2, 0.25) is 6.41 Å². The molecule has 1 aliphatic heterocycles. The third kappa shape index (κ3) is 1.59. The normalized spacial score (nSPS) is 28.3. The average molecular weight is 186 g/mol. The minimum atomic E-state index is -0.889. The minimum absolute atomic E-state index is 0.369. The van der Waals surface area contributed by atoms with Crippen LogP contribution in [0.2, 0.25) is 0 Å². The lowest BCUT2D eigenvalue weighted by atomic mass is 10.1. The zero-order chi connectivity index (χ0) is 10.0. The van der Waals surface area contributed by atoms with E-state index in [4.69, 9.17) is 5.73 Å². The van der Waals surface area contributed by atoms with Gasteiger partial charge in [0.05, 0.1) is 0 Å². The summed E-state index contributed by atoms with van der Waals surface area (Å²) < 4.78 is 0. The van der Waals surface area contributed by atoms with E-state index in [1.807, 2.05) is 5.32 Å². The number of nitrogens with one attached hydrogen (secondary N) is 2. The molecular weight excluding hydrogens is 176 g/mol. The molecule has 0 aromatic heterocycles. The quantitative estimate of drug-likeness (QED) is 0.417. The molecule has 72 valence electrons. The third-order valence-corrected chi connectivity index (χ3v) is 1.87. The number of hydrogen-bond donors (Lipinski definition) is 3. The van der Waals surface area contributed by atoms with Crippen molar-refractivity contribution in [3.05, 3.63) is 0 Å². The Morgan fingerprint density at radius 3 is 2.77 bits per heavy atom. The number of rotatable bonds is 2. The summed E-state index contributed by atoms with van der Waals surface area (Å²) in [7, 11) is 1.44. The molecule has 0 aromatic carbocycles. The Morgan fingerprint density at radius 1 is 1.62 bits per heavy atom. The van der Waals surface area contributed by atoms with Gasteiger partial charge in [0, 0.05) is 7.05 Å². The van der Waals surface area contributed by atoms with Crippen molar-refractivity contribution in [3.63, 3.8) is 0 Å². The highest BCUT2D eigenvalue weighted by atomic mass is 16.2. The van der Waals surface area contributed by atoms with Crippen molar-refractivity contribution in [1.29, 1.82) is 0 Å². The summed E-state index contributed by atoms with van der Waals surface area (Å²) in [6, 6.07) is -1.46. The van der Waals surface area contributed by atoms with Gasteiger partial charge in [-0.1, -0.05) is 0 Å². The zero-order valence-electron chi connectivity index (χ0n) is 6.98. The fraction of sp³-hybridized carbons (Fsp3) is 0.500. The Morgan fingerprint density at radius 2 is 2.23 bits per heavy atom. The number of carbonyl (C=O) groups excluding carboxylic acids is 3. The van der Waals surface area contributed by atoms with Crippen molar-refractivity contribution >= 4 is 18.3 Å². The van der Waals surface area contributed by atoms with Crippen molar-refractivity contribution in [2.24, 2.45) is 5.73 Å². The highest BCUT2D eigenvalue weighted by molar-refractivity contribution is 6.00. The Hall–Kier alpha value is -1.63. The number of likely N-dealkylation sites (N-methyl/N-ethyl adjacent to an activating group) is 1. The average Bonchev–Trinajstić information content (AvgIpc) is 2.09. The number of amides is 4. The van der Waals surface area contributed by atoms with Gasteiger partial charge in [-0.3, -0.25) is 14.9 Å². The lowest BCUT2D eigenvalue weighted by molar-refractivity contribution is -0.127. The van der Waals surface area contributed by atoms with Gasteiger partial charge < -0.3 is 16.0 Å². The first-order valence-corrected chi connectivity index (χ1v) is 3.61. The molecule has 4 amide bonds. The van der Waals surface area contributed by atoms with E-state index in [0.29, 0.717) is 6.41 Å². The van der Waals surface area contributed by atoms with Gasteiger partial charge in [0.15, 0.2) is 0 Å². The number of nitrogens with zero attached hydrogens (tertiary/aromatic N) is 1. The molecule has 13 heavy (non-hydrogen) atoms. The van der Waals surface area contributed by atoms with Crippen LogP contribution in [0.1, 0.15) is 0 Å². The number of nitrogens with two attached hydrogens (primary N) is 1. The molecule has 0 radical (unpaired) electrons.